The third-order valence-electron chi connectivity index (χ3n) is 3.65. The molecule has 3 heteroatoms. The van der Waals surface area contributed by atoms with Crippen molar-refractivity contribution < 1.29 is 0 Å². The lowest BCUT2D eigenvalue weighted by Crippen LogP contribution is -2.45. The number of rotatable bonds is 7. The zero-order valence-corrected chi connectivity index (χ0v) is 11.1. The van der Waals surface area contributed by atoms with E-state index in [0.29, 0.717) is 12.1 Å². The molecule has 2 unspecified atom stereocenters. The Bertz CT molecular complexity index is 254. The van der Waals surface area contributed by atoms with E-state index in [0.717, 1.165) is 19.4 Å². The Morgan fingerprint density at radius 2 is 2.19 bits per heavy atom. The first-order valence-corrected chi connectivity index (χ1v) is 6.40. The highest BCUT2D eigenvalue weighted by Gasteiger charge is 2.32. The molecule has 92 valence electrons. The minimum Gasteiger partial charge on any atom is -0.304 e. The molecule has 1 aliphatic carbocycles. The molecule has 0 aliphatic heterocycles. The largest absolute Gasteiger partial charge is 0.304 e. The van der Waals surface area contributed by atoms with Gasteiger partial charge >= 0.3 is 0 Å². The first kappa shape index (κ1) is 13.5. The van der Waals surface area contributed by atoms with E-state index in [1.807, 2.05) is 6.92 Å². The van der Waals surface area contributed by atoms with Gasteiger partial charge in [0.2, 0.25) is 0 Å². The van der Waals surface area contributed by atoms with Crippen LogP contribution in [-0.4, -0.2) is 36.1 Å². The van der Waals surface area contributed by atoms with Gasteiger partial charge in [-0.05, 0) is 46.6 Å². The van der Waals surface area contributed by atoms with E-state index in [-0.39, 0.29) is 5.54 Å². The van der Waals surface area contributed by atoms with Crippen molar-refractivity contribution in [3.05, 3.63) is 0 Å². The van der Waals surface area contributed by atoms with Crippen LogP contribution in [0.15, 0.2) is 0 Å². The van der Waals surface area contributed by atoms with E-state index >= 15 is 0 Å². The Morgan fingerprint density at radius 3 is 2.62 bits per heavy atom. The maximum atomic E-state index is 9.24. The number of nitrogens with one attached hydrogen (secondary N) is 1. The first-order valence-electron chi connectivity index (χ1n) is 6.40. The molecule has 0 saturated heterocycles. The summed E-state index contributed by atoms with van der Waals surface area (Å²) < 4.78 is 0. The summed E-state index contributed by atoms with van der Waals surface area (Å²) in [5.74, 6) is 0. The quantitative estimate of drug-likeness (QED) is 0.718. The molecule has 3 nitrogen and oxygen atoms in total. The molecule has 0 radical (unpaired) electrons. The van der Waals surface area contributed by atoms with Gasteiger partial charge in [0.05, 0.1) is 6.07 Å². The average Bonchev–Trinajstić information content (AvgIpc) is 3.08. The van der Waals surface area contributed by atoms with Crippen molar-refractivity contribution in [2.45, 2.75) is 64.1 Å². The Balaban J connectivity index is 2.35. The number of nitriles is 1. The van der Waals surface area contributed by atoms with E-state index in [9.17, 15) is 5.26 Å². The van der Waals surface area contributed by atoms with Gasteiger partial charge in [-0.25, -0.2) is 0 Å². The van der Waals surface area contributed by atoms with Crippen LogP contribution in [0.2, 0.25) is 0 Å². The Kier molecular flexibility index (Phi) is 4.76. The van der Waals surface area contributed by atoms with Crippen molar-refractivity contribution in [2.24, 2.45) is 0 Å². The zero-order valence-electron chi connectivity index (χ0n) is 11.1. The van der Waals surface area contributed by atoms with Crippen molar-refractivity contribution >= 4 is 0 Å². The second-order valence-corrected chi connectivity index (χ2v) is 5.35. The van der Waals surface area contributed by atoms with Gasteiger partial charge < -0.3 is 4.90 Å². The Labute approximate surface area is 99.8 Å². The summed E-state index contributed by atoms with van der Waals surface area (Å²) in [6, 6.07) is 3.62. The van der Waals surface area contributed by atoms with Gasteiger partial charge in [-0.2, -0.15) is 5.26 Å². The summed E-state index contributed by atoms with van der Waals surface area (Å²) in [7, 11) is 2.14. The highest BCUT2D eigenvalue weighted by Crippen LogP contribution is 2.24. The number of nitrogens with zero attached hydrogens (tertiary/aromatic N) is 2. The molecule has 1 N–H and O–H groups in total. The molecule has 0 bridgehead atoms. The summed E-state index contributed by atoms with van der Waals surface area (Å²) in [6.45, 7) is 7.44. The molecule has 0 heterocycles. The van der Waals surface area contributed by atoms with Crippen molar-refractivity contribution in [3.63, 3.8) is 0 Å². The van der Waals surface area contributed by atoms with Gasteiger partial charge in [-0.1, -0.05) is 6.92 Å². The minimum atomic E-state index is -0.344. The average molecular weight is 223 g/mol. The van der Waals surface area contributed by atoms with Crippen molar-refractivity contribution in [1.29, 1.82) is 5.26 Å². The highest BCUT2D eigenvalue weighted by molar-refractivity contribution is 5.07. The fourth-order valence-corrected chi connectivity index (χ4v) is 1.77. The van der Waals surface area contributed by atoms with Crippen LogP contribution in [0.25, 0.3) is 0 Å². The number of hydrogen-bond acceptors (Lipinski definition) is 3. The maximum Gasteiger partial charge on any atom is 0.105 e. The Hall–Kier alpha value is -0.590. The molecule has 0 aromatic carbocycles. The lowest BCUT2D eigenvalue weighted by Gasteiger charge is -2.29. The third kappa shape index (κ3) is 4.11. The van der Waals surface area contributed by atoms with Crippen LogP contribution in [0.4, 0.5) is 0 Å². The molecule has 1 fully saturated rings. The van der Waals surface area contributed by atoms with Crippen LogP contribution >= 0.6 is 0 Å². The normalized spacial score (nSPS) is 21.5. The maximum absolute atomic E-state index is 9.24. The highest BCUT2D eigenvalue weighted by atomic mass is 15.1. The summed E-state index contributed by atoms with van der Waals surface area (Å²) in [6.07, 6.45) is 4.54. The fourth-order valence-electron chi connectivity index (χ4n) is 1.77. The van der Waals surface area contributed by atoms with Crippen LogP contribution in [0.5, 0.6) is 0 Å². The minimum absolute atomic E-state index is 0.344. The van der Waals surface area contributed by atoms with E-state index < -0.39 is 0 Å². The molecule has 0 aromatic rings. The summed E-state index contributed by atoms with van der Waals surface area (Å²) in [5.41, 5.74) is -0.344. The second kappa shape index (κ2) is 5.65. The van der Waals surface area contributed by atoms with E-state index in [2.05, 4.69) is 37.2 Å². The molecule has 0 spiro atoms. The van der Waals surface area contributed by atoms with Crippen LogP contribution in [0.1, 0.15) is 46.5 Å². The lowest BCUT2D eigenvalue weighted by molar-refractivity contribution is 0.227. The SMILES string of the molecule is CCC(C)N(C)CCC(C)(C#N)NC1CC1. The molecule has 0 amide bonds. The van der Waals surface area contributed by atoms with Crippen molar-refractivity contribution in [3.8, 4) is 6.07 Å². The molecule has 16 heavy (non-hydrogen) atoms. The smallest absolute Gasteiger partial charge is 0.105 e. The van der Waals surface area contributed by atoms with Crippen LogP contribution in [-0.2, 0) is 0 Å². The predicted octanol–water partition coefficient (Wildman–Crippen LogP) is 2.14. The van der Waals surface area contributed by atoms with Crippen LogP contribution in [0.3, 0.4) is 0 Å². The monoisotopic (exact) mass is 223 g/mol. The number of hydrogen-bond donors (Lipinski definition) is 1. The van der Waals surface area contributed by atoms with Gasteiger partial charge in [-0.15, -0.1) is 0 Å². The van der Waals surface area contributed by atoms with Gasteiger partial charge in [0.25, 0.3) is 0 Å². The van der Waals surface area contributed by atoms with Crippen molar-refractivity contribution in [1.82, 2.24) is 10.2 Å². The van der Waals surface area contributed by atoms with E-state index in [1.165, 1.54) is 12.8 Å². The van der Waals surface area contributed by atoms with Gasteiger partial charge in [-0.3, -0.25) is 5.32 Å². The first-order chi connectivity index (χ1) is 7.50. The Morgan fingerprint density at radius 1 is 1.56 bits per heavy atom. The van der Waals surface area contributed by atoms with Crippen LogP contribution in [0, 0.1) is 11.3 Å². The third-order valence-corrected chi connectivity index (χ3v) is 3.65. The topological polar surface area (TPSA) is 39.1 Å². The molecular formula is C13H25N3. The molecule has 1 aliphatic rings. The molecule has 2 atom stereocenters. The van der Waals surface area contributed by atoms with E-state index in [1.54, 1.807) is 0 Å². The van der Waals surface area contributed by atoms with Gasteiger partial charge in [0, 0.05) is 18.6 Å². The van der Waals surface area contributed by atoms with Crippen molar-refractivity contribution in [2.75, 3.05) is 13.6 Å². The zero-order chi connectivity index (χ0) is 12.2. The summed E-state index contributed by atoms with van der Waals surface area (Å²) >= 11 is 0. The van der Waals surface area contributed by atoms with Gasteiger partial charge in [0.15, 0.2) is 0 Å². The fraction of sp³-hybridized carbons (Fsp3) is 0.923. The molecular weight excluding hydrogens is 198 g/mol. The molecule has 1 rings (SSSR count). The van der Waals surface area contributed by atoms with E-state index in [4.69, 9.17) is 0 Å². The summed E-state index contributed by atoms with van der Waals surface area (Å²) in [5, 5.41) is 12.7. The van der Waals surface area contributed by atoms with Gasteiger partial charge in [0.1, 0.15) is 5.54 Å². The summed E-state index contributed by atoms with van der Waals surface area (Å²) in [4.78, 5) is 2.34. The second-order valence-electron chi connectivity index (χ2n) is 5.35. The standard InChI is InChI=1S/C13H25N3/c1-5-11(2)16(4)9-8-13(3,10-14)15-12-6-7-12/h11-12,15H,5-9H2,1-4H3. The molecule has 0 aromatic heterocycles. The predicted molar refractivity (Wildman–Crippen MR) is 67.2 cm³/mol. The van der Waals surface area contributed by atoms with Crippen LogP contribution < -0.4 is 5.32 Å². The molecule has 1 saturated carbocycles. The lowest BCUT2D eigenvalue weighted by atomic mass is 9.99.